The number of hydrogen-bond acceptors (Lipinski definition) is 4. The van der Waals surface area contributed by atoms with Crippen LogP contribution >= 0.6 is 15.9 Å². The van der Waals surface area contributed by atoms with E-state index < -0.39 is 5.60 Å². The van der Waals surface area contributed by atoms with Crippen molar-refractivity contribution in [1.29, 1.82) is 0 Å². The molecule has 1 aromatic heterocycles. The van der Waals surface area contributed by atoms with Crippen molar-refractivity contribution in [2.45, 2.75) is 45.3 Å². The van der Waals surface area contributed by atoms with Crippen molar-refractivity contribution in [3.63, 3.8) is 0 Å². The lowest BCUT2D eigenvalue weighted by molar-refractivity contribution is 0.0194. The zero-order valence-electron chi connectivity index (χ0n) is 12.6. The summed E-state index contributed by atoms with van der Waals surface area (Å²) in [6.07, 6.45) is 1.87. The summed E-state index contributed by atoms with van der Waals surface area (Å²) < 4.78 is 6.13. The fourth-order valence-electron chi connectivity index (χ4n) is 2.16. The van der Waals surface area contributed by atoms with Gasteiger partial charge in [-0.05, 0) is 55.5 Å². The lowest BCUT2D eigenvalue weighted by Gasteiger charge is -2.30. The van der Waals surface area contributed by atoms with Crippen LogP contribution in [0.3, 0.4) is 0 Å². The summed E-state index contributed by atoms with van der Waals surface area (Å²) in [7, 11) is 3.53. The number of nitrogens with zero attached hydrogens (tertiary/aromatic N) is 4. The van der Waals surface area contributed by atoms with Gasteiger partial charge in [0.05, 0.1) is 6.04 Å². The van der Waals surface area contributed by atoms with E-state index in [1.54, 1.807) is 19.0 Å². The van der Waals surface area contributed by atoms with Crippen LogP contribution in [0.25, 0.3) is 0 Å². The van der Waals surface area contributed by atoms with E-state index in [1.165, 1.54) is 4.80 Å². The van der Waals surface area contributed by atoms with Gasteiger partial charge in [-0.25, -0.2) is 4.79 Å². The molecule has 112 valence electrons. The van der Waals surface area contributed by atoms with Crippen molar-refractivity contribution in [2.75, 3.05) is 7.05 Å². The Morgan fingerprint density at radius 2 is 2.05 bits per heavy atom. The van der Waals surface area contributed by atoms with Crippen LogP contribution in [-0.4, -0.2) is 38.6 Å². The molecule has 2 rings (SSSR count). The molecule has 1 aliphatic rings. The summed E-state index contributed by atoms with van der Waals surface area (Å²) in [5, 5.41) is 8.58. The molecule has 20 heavy (non-hydrogen) atoms. The summed E-state index contributed by atoms with van der Waals surface area (Å²) >= 11 is 3.42. The quantitative estimate of drug-likeness (QED) is 0.845. The molecule has 1 aromatic rings. The van der Waals surface area contributed by atoms with E-state index >= 15 is 0 Å². The van der Waals surface area contributed by atoms with Crippen LogP contribution in [0.4, 0.5) is 4.79 Å². The average molecular weight is 345 g/mol. The van der Waals surface area contributed by atoms with Crippen molar-refractivity contribution >= 4 is 22.0 Å². The Kier molecular flexibility index (Phi) is 4.09. The molecule has 1 amide bonds. The first-order valence-electron chi connectivity index (χ1n) is 6.71. The predicted molar refractivity (Wildman–Crippen MR) is 78.2 cm³/mol. The number of aromatic nitrogens is 3. The maximum Gasteiger partial charge on any atom is 0.410 e. The van der Waals surface area contributed by atoms with Crippen molar-refractivity contribution < 1.29 is 9.53 Å². The molecule has 7 heteroatoms. The van der Waals surface area contributed by atoms with Crippen molar-refractivity contribution in [2.24, 2.45) is 13.0 Å². The number of carbonyl (C=O) groups excluding carboxylic acids is 1. The van der Waals surface area contributed by atoms with Gasteiger partial charge in [-0.1, -0.05) is 0 Å². The Hall–Kier alpha value is -1.11. The number of aryl methyl sites for hydroxylation is 1. The Balaban J connectivity index is 2.21. The third-order valence-electron chi connectivity index (χ3n) is 3.14. The van der Waals surface area contributed by atoms with Gasteiger partial charge in [0.15, 0.2) is 4.60 Å². The fourth-order valence-corrected chi connectivity index (χ4v) is 2.70. The molecule has 0 radical (unpaired) electrons. The van der Waals surface area contributed by atoms with Crippen LogP contribution in [0.15, 0.2) is 4.60 Å². The Morgan fingerprint density at radius 1 is 1.45 bits per heavy atom. The normalized spacial score (nSPS) is 16.9. The minimum atomic E-state index is -0.501. The summed E-state index contributed by atoms with van der Waals surface area (Å²) in [6.45, 7) is 5.59. The second-order valence-electron chi connectivity index (χ2n) is 6.24. The van der Waals surface area contributed by atoms with E-state index in [1.807, 2.05) is 20.8 Å². The van der Waals surface area contributed by atoms with Gasteiger partial charge in [0, 0.05) is 14.1 Å². The number of amides is 1. The largest absolute Gasteiger partial charge is 0.444 e. The number of ether oxygens (including phenoxy) is 1. The maximum absolute atomic E-state index is 12.3. The molecular formula is C13H21BrN4O2. The third kappa shape index (κ3) is 3.50. The topological polar surface area (TPSA) is 60.3 Å². The molecule has 0 aliphatic heterocycles. The van der Waals surface area contributed by atoms with E-state index in [0.29, 0.717) is 10.5 Å². The Bertz CT molecular complexity index is 505. The number of halogens is 1. The lowest BCUT2D eigenvalue weighted by Crippen LogP contribution is -2.37. The second kappa shape index (κ2) is 5.35. The van der Waals surface area contributed by atoms with Crippen LogP contribution in [0.1, 0.15) is 45.3 Å². The van der Waals surface area contributed by atoms with Gasteiger partial charge in [0.2, 0.25) is 0 Å². The minimum Gasteiger partial charge on any atom is -0.444 e. The molecule has 0 N–H and O–H groups in total. The Morgan fingerprint density at radius 3 is 2.45 bits per heavy atom. The van der Waals surface area contributed by atoms with Crippen LogP contribution < -0.4 is 0 Å². The summed E-state index contributed by atoms with van der Waals surface area (Å²) in [5.74, 6) is 0.431. The molecule has 1 saturated carbocycles. The van der Waals surface area contributed by atoms with Crippen LogP contribution in [0.2, 0.25) is 0 Å². The molecule has 0 spiro atoms. The molecule has 1 fully saturated rings. The van der Waals surface area contributed by atoms with E-state index in [9.17, 15) is 4.79 Å². The molecule has 1 atom stereocenters. The summed E-state index contributed by atoms with van der Waals surface area (Å²) in [4.78, 5) is 15.4. The van der Waals surface area contributed by atoms with E-state index in [0.717, 1.165) is 18.5 Å². The van der Waals surface area contributed by atoms with Gasteiger partial charge in [-0.15, -0.1) is 5.10 Å². The molecule has 1 heterocycles. The Labute approximate surface area is 127 Å². The first-order chi connectivity index (χ1) is 9.19. The SMILES string of the molecule is CN(C(=O)OC(C)(C)C)C(c1nn(C)nc1Br)C1CC1. The highest BCUT2D eigenvalue weighted by Gasteiger charge is 2.41. The molecule has 1 aliphatic carbocycles. The van der Waals surface area contributed by atoms with E-state index in [-0.39, 0.29) is 12.1 Å². The number of carbonyl (C=O) groups is 1. The lowest BCUT2D eigenvalue weighted by atomic mass is 10.1. The molecule has 0 aromatic carbocycles. The van der Waals surface area contributed by atoms with Gasteiger partial charge in [0.1, 0.15) is 11.3 Å². The highest BCUT2D eigenvalue weighted by Crippen LogP contribution is 2.45. The smallest absolute Gasteiger partial charge is 0.410 e. The van der Waals surface area contributed by atoms with Crippen molar-refractivity contribution in [3.05, 3.63) is 10.3 Å². The van der Waals surface area contributed by atoms with Crippen molar-refractivity contribution in [3.8, 4) is 0 Å². The standard InChI is InChI=1S/C13H21BrN4O2/c1-13(2,3)20-12(19)17(4)10(8-6-7-8)9-11(14)16-18(5)15-9/h8,10H,6-7H2,1-5H3. The van der Waals surface area contributed by atoms with Gasteiger partial charge < -0.3 is 9.64 Å². The van der Waals surface area contributed by atoms with Gasteiger partial charge in [-0.3, -0.25) is 0 Å². The molecule has 6 nitrogen and oxygen atoms in total. The molecule has 0 saturated heterocycles. The van der Waals surface area contributed by atoms with Crippen LogP contribution in [0, 0.1) is 5.92 Å². The third-order valence-corrected chi connectivity index (χ3v) is 3.71. The van der Waals surface area contributed by atoms with Gasteiger partial charge in [0.25, 0.3) is 0 Å². The first-order valence-corrected chi connectivity index (χ1v) is 7.51. The molecular weight excluding hydrogens is 324 g/mol. The summed E-state index contributed by atoms with van der Waals surface area (Å²) in [5.41, 5.74) is 0.294. The average Bonchev–Trinajstić information content (AvgIpc) is 3.04. The highest BCUT2D eigenvalue weighted by molar-refractivity contribution is 9.10. The highest BCUT2D eigenvalue weighted by atomic mass is 79.9. The monoisotopic (exact) mass is 344 g/mol. The zero-order valence-corrected chi connectivity index (χ0v) is 14.1. The number of hydrogen-bond donors (Lipinski definition) is 0. The van der Waals surface area contributed by atoms with E-state index in [4.69, 9.17) is 4.74 Å². The first kappa shape index (κ1) is 15.3. The zero-order chi connectivity index (χ0) is 15.1. The van der Waals surface area contributed by atoms with Crippen molar-refractivity contribution in [1.82, 2.24) is 19.9 Å². The summed E-state index contributed by atoms with van der Waals surface area (Å²) in [6, 6.07) is -0.0899. The van der Waals surface area contributed by atoms with Gasteiger partial charge >= 0.3 is 6.09 Å². The molecule has 1 unspecified atom stereocenters. The number of rotatable bonds is 3. The fraction of sp³-hybridized carbons (Fsp3) is 0.769. The van der Waals surface area contributed by atoms with E-state index in [2.05, 4.69) is 26.1 Å². The molecule has 0 bridgehead atoms. The minimum absolute atomic E-state index is 0.0899. The van der Waals surface area contributed by atoms with Crippen LogP contribution in [0.5, 0.6) is 0 Å². The van der Waals surface area contributed by atoms with Crippen LogP contribution in [-0.2, 0) is 11.8 Å². The predicted octanol–water partition coefficient (Wildman–Crippen LogP) is 2.90. The van der Waals surface area contributed by atoms with Gasteiger partial charge in [-0.2, -0.15) is 9.90 Å². The second-order valence-corrected chi connectivity index (χ2v) is 6.99. The maximum atomic E-state index is 12.3.